The highest BCUT2D eigenvalue weighted by Gasteiger charge is 2.23. The second kappa shape index (κ2) is 4.44. The van der Waals surface area contributed by atoms with Gasteiger partial charge in [-0.05, 0) is 35.9 Å². The molecule has 1 heterocycles. The number of anilines is 1. The van der Waals surface area contributed by atoms with Crippen LogP contribution in [0.15, 0.2) is 42.5 Å². The Hall–Kier alpha value is -2.26. The van der Waals surface area contributed by atoms with Gasteiger partial charge in [-0.15, -0.1) is 0 Å². The molecular formula is C15H10ClNO2. The van der Waals surface area contributed by atoms with E-state index in [0.717, 1.165) is 11.3 Å². The molecule has 0 saturated carbocycles. The lowest BCUT2D eigenvalue weighted by Crippen LogP contribution is -2.03. The number of hydrogen-bond donors (Lipinski definition) is 2. The van der Waals surface area contributed by atoms with Crippen LogP contribution >= 0.6 is 11.6 Å². The first-order chi connectivity index (χ1) is 9.15. The van der Waals surface area contributed by atoms with Gasteiger partial charge in [0.05, 0.1) is 5.02 Å². The van der Waals surface area contributed by atoms with Crippen LogP contribution in [0.3, 0.4) is 0 Å². The molecule has 1 aliphatic rings. The number of para-hydroxylation sites is 1. The van der Waals surface area contributed by atoms with Crippen LogP contribution in [0, 0.1) is 0 Å². The largest absolute Gasteiger partial charge is 0.508 e. The summed E-state index contributed by atoms with van der Waals surface area (Å²) < 4.78 is 0. The molecule has 3 nitrogen and oxygen atoms in total. The molecule has 1 amide bonds. The standard InChI is InChI=1S/C15H10ClNO2/c16-13-8-10(18)6-5-9(13)7-12-11-3-1-2-4-14(11)17-15(12)19/h1-8,18H,(H,17,19)/b12-7-. The first kappa shape index (κ1) is 11.8. The number of nitrogens with one attached hydrogen (secondary N) is 1. The first-order valence-electron chi connectivity index (χ1n) is 5.76. The molecule has 0 unspecified atom stereocenters. The van der Waals surface area contributed by atoms with Crippen LogP contribution in [0.1, 0.15) is 11.1 Å². The average Bonchev–Trinajstić information content (AvgIpc) is 2.69. The van der Waals surface area contributed by atoms with Crippen molar-refractivity contribution in [3.8, 4) is 5.75 Å². The van der Waals surface area contributed by atoms with Crippen LogP contribution in [0.4, 0.5) is 5.69 Å². The minimum atomic E-state index is -0.148. The molecule has 0 fully saturated rings. The van der Waals surface area contributed by atoms with E-state index in [-0.39, 0.29) is 11.7 Å². The van der Waals surface area contributed by atoms with Crippen molar-refractivity contribution in [2.75, 3.05) is 5.32 Å². The molecule has 3 rings (SSSR count). The van der Waals surface area contributed by atoms with Crippen molar-refractivity contribution >= 4 is 34.8 Å². The van der Waals surface area contributed by atoms with Crippen LogP contribution in [-0.2, 0) is 4.79 Å². The summed E-state index contributed by atoms with van der Waals surface area (Å²) in [6, 6.07) is 12.2. The van der Waals surface area contributed by atoms with Gasteiger partial charge in [0.15, 0.2) is 0 Å². The maximum Gasteiger partial charge on any atom is 0.256 e. The minimum Gasteiger partial charge on any atom is -0.508 e. The Morgan fingerprint density at radius 2 is 1.95 bits per heavy atom. The van der Waals surface area contributed by atoms with Crippen molar-refractivity contribution in [3.05, 3.63) is 58.6 Å². The van der Waals surface area contributed by atoms with Crippen molar-refractivity contribution in [1.29, 1.82) is 0 Å². The smallest absolute Gasteiger partial charge is 0.256 e. The van der Waals surface area contributed by atoms with Gasteiger partial charge >= 0.3 is 0 Å². The van der Waals surface area contributed by atoms with Crippen molar-refractivity contribution in [2.24, 2.45) is 0 Å². The number of carbonyl (C=O) groups is 1. The first-order valence-corrected chi connectivity index (χ1v) is 6.14. The normalized spacial score (nSPS) is 15.4. The van der Waals surface area contributed by atoms with Gasteiger partial charge in [0, 0.05) is 16.8 Å². The van der Waals surface area contributed by atoms with Crippen LogP contribution in [0.5, 0.6) is 5.75 Å². The summed E-state index contributed by atoms with van der Waals surface area (Å²) in [7, 11) is 0. The predicted molar refractivity (Wildman–Crippen MR) is 76.1 cm³/mol. The van der Waals surface area contributed by atoms with Gasteiger partial charge in [0.2, 0.25) is 0 Å². The van der Waals surface area contributed by atoms with Gasteiger partial charge in [-0.3, -0.25) is 4.79 Å². The highest BCUT2D eigenvalue weighted by atomic mass is 35.5. The molecule has 0 aromatic heterocycles. The summed E-state index contributed by atoms with van der Waals surface area (Å²) in [5, 5.41) is 12.5. The quantitative estimate of drug-likeness (QED) is 0.780. The van der Waals surface area contributed by atoms with Crippen LogP contribution in [0.25, 0.3) is 11.6 Å². The van der Waals surface area contributed by atoms with E-state index in [2.05, 4.69) is 5.32 Å². The monoisotopic (exact) mass is 271 g/mol. The SMILES string of the molecule is O=C1Nc2ccccc2/C1=C/c1ccc(O)cc1Cl. The van der Waals surface area contributed by atoms with Gasteiger partial charge in [-0.25, -0.2) is 0 Å². The predicted octanol–water partition coefficient (Wildman–Crippen LogP) is 3.54. The molecular weight excluding hydrogens is 262 g/mol. The second-order valence-electron chi connectivity index (χ2n) is 4.26. The molecule has 0 bridgehead atoms. The zero-order valence-corrected chi connectivity index (χ0v) is 10.6. The number of carbonyl (C=O) groups excluding carboxylic acids is 1. The van der Waals surface area contributed by atoms with Crippen LogP contribution in [0.2, 0.25) is 5.02 Å². The lowest BCUT2D eigenvalue weighted by Gasteiger charge is -2.01. The van der Waals surface area contributed by atoms with E-state index in [1.165, 1.54) is 12.1 Å². The van der Waals surface area contributed by atoms with Gasteiger partial charge < -0.3 is 10.4 Å². The number of rotatable bonds is 1. The van der Waals surface area contributed by atoms with E-state index in [9.17, 15) is 9.90 Å². The molecule has 0 aliphatic carbocycles. The summed E-state index contributed by atoms with van der Waals surface area (Å²) in [5.74, 6) is -0.0474. The van der Waals surface area contributed by atoms with Gasteiger partial charge in [-0.1, -0.05) is 29.8 Å². The fraction of sp³-hybridized carbons (Fsp3) is 0. The molecule has 0 radical (unpaired) electrons. The van der Waals surface area contributed by atoms with Gasteiger partial charge in [-0.2, -0.15) is 0 Å². The summed E-state index contributed by atoms with van der Waals surface area (Å²) >= 11 is 6.05. The van der Waals surface area contributed by atoms with E-state index < -0.39 is 0 Å². The van der Waals surface area contributed by atoms with Crippen molar-refractivity contribution < 1.29 is 9.90 Å². The molecule has 0 saturated heterocycles. The summed E-state index contributed by atoms with van der Waals surface area (Å²) in [4.78, 5) is 11.9. The van der Waals surface area contributed by atoms with Crippen LogP contribution in [-0.4, -0.2) is 11.0 Å². The van der Waals surface area contributed by atoms with E-state index in [1.54, 1.807) is 12.1 Å². The van der Waals surface area contributed by atoms with E-state index >= 15 is 0 Å². The fourth-order valence-corrected chi connectivity index (χ4v) is 2.30. The number of benzene rings is 2. The Bertz CT molecular complexity index is 707. The maximum absolute atomic E-state index is 11.9. The lowest BCUT2D eigenvalue weighted by molar-refractivity contribution is -0.110. The van der Waals surface area contributed by atoms with E-state index in [4.69, 9.17) is 11.6 Å². The van der Waals surface area contributed by atoms with Crippen molar-refractivity contribution in [2.45, 2.75) is 0 Å². The fourth-order valence-electron chi connectivity index (χ4n) is 2.07. The number of halogens is 1. The van der Waals surface area contributed by atoms with Gasteiger partial charge in [0.25, 0.3) is 5.91 Å². The number of hydrogen-bond acceptors (Lipinski definition) is 2. The minimum absolute atomic E-state index is 0.100. The summed E-state index contributed by atoms with van der Waals surface area (Å²) in [6.45, 7) is 0. The second-order valence-corrected chi connectivity index (χ2v) is 4.67. The van der Waals surface area contributed by atoms with Crippen LogP contribution < -0.4 is 5.32 Å². The number of amides is 1. The Balaban J connectivity index is 2.11. The molecule has 1 aliphatic heterocycles. The number of fused-ring (bicyclic) bond motifs is 1. The number of phenols is 1. The summed E-state index contributed by atoms with van der Waals surface area (Å²) in [5.41, 5.74) is 2.93. The van der Waals surface area contributed by atoms with Crippen molar-refractivity contribution in [3.63, 3.8) is 0 Å². The maximum atomic E-state index is 11.9. The summed E-state index contributed by atoms with van der Waals surface area (Å²) in [6.07, 6.45) is 1.73. The highest BCUT2D eigenvalue weighted by Crippen LogP contribution is 2.34. The third-order valence-electron chi connectivity index (χ3n) is 2.99. The highest BCUT2D eigenvalue weighted by molar-refractivity contribution is 6.37. The Morgan fingerprint density at radius 3 is 2.74 bits per heavy atom. The number of phenolic OH excluding ortho intramolecular Hbond substituents is 1. The molecule has 2 aromatic carbocycles. The third kappa shape index (κ3) is 2.09. The van der Waals surface area contributed by atoms with E-state index in [1.807, 2.05) is 24.3 Å². The van der Waals surface area contributed by atoms with Crippen molar-refractivity contribution in [1.82, 2.24) is 0 Å². The van der Waals surface area contributed by atoms with E-state index in [0.29, 0.717) is 16.2 Å². The van der Waals surface area contributed by atoms with Gasteiger partial charge in [0.1, 0.15) is 5.75 Å². The Morgan fingerprint density at radius 1 is 1.16 bits per heavy atom. The zero-order valence-electron chi connectivity index (χ0n) is 9.85. The molecule has 2 aromatic rings. The average molecular weight is 272 g/mol. The Kier molecular flexibility index (Phi) is 2.76. The molecule has 19 heavy (non-hydrogen) atoms. The lowest BCUT2D eigenvalue weighted by atomic mass is 10.0. The molecule has 2 N–H and O–H groups in total. The zero-order chi connectivity index (χ0) is 13.4. The number of aromatic hydroxyl groups is 1. The Labute approximate surface area is 115 Å². The topological polar surface area (TPSA) is 49.3 Å². The molecule has 0 spiro atoms. The molecule has 0 atom stereocenters. The molecule has 94 valence electrons. The molecule has 4 heteroatoms. The third-order valence-corrected chi connectivity index (χ3v) is 3.32.